The van der Waals surface area contributed by atoms with Crippen molar-refractivity contribution in [2.75, 3.05) is 6.54 Å². The van der Waals surface area contributed by atoms with E-state index in [2.05, 4.69) is 10.6 Å². The van der Waals surface area contributed by atoms with Crippen LogP contribution < -0.4 is 10.6 Å². The molecule has 0 aliphatic rings. The normalized spacial score (nSPS) is 17.7. The molecule has 0 aromatic heterocycles. The lowest BCUT2D eigenvalue weighted by atomic mass is 10.0. The van der Waals surface area contributed by atoms with Gasteiger partial charge in [0.25, 0.3) is 0 Å². The van der Waals surface area contributed by atoms with Crippen LogP contribution in [0.4, 0.5) is 0 Å². The number of hydrogen-bond acceptors (Lipinski definition) is 3. The van der Waals surface area contributed by atoms with E-state index in [0.29, 0.717) is 13.0 Å². The van der Waals surface area contributed by atoms with E-state index in [-0.39, 0.29) is 17.5 Å². The van der Waals surface area contributed by atoms with Crippen LogP contribution in [0.3, 0.4) is 0 Å². The summed E-state index contributed by atoms with van der Waals surface area (Å²) in [5.41, 5.74) is -0.976. The van der Waals surface area contributed by atoms with E-state index >= 15 is 0 Å². The molecule has 0 aromatic carbocycles. The molecule has 2 unspecified atom stereocenters. The molecule has 0 spiro atoms. The molecule has 0 aliphatic carbocycles. The van der Waals surface area contributed by atoms with Gasteiger partial charge in [0.15, 0.2) is 0 Å². The number of amides is 1. The van der Waals surface area contributed by atoms with Crippen LogP contribution in [0.15, 0.2) is 0 Å². The molecule has 96 valence electrons. The summed E-state index contributed by atoms with van der Waals surface area (Å²) < 4.78 is 0. The summed E-state index contributed by atoms with van der Waals surface area (Å²) in [4.78, 5) is 11.7. The first-order valence-corrected chi connectivity index (χ1v) is 5.85. The highest BCUT2D eigenvalue weighted by atomic mass is 16.3. The number of aliphatic hydroxyl groups is 1. The van der Waals surface area contributed by atoms with Gasteiger partial charge in [-0.05, 0) is 41.0 Å². The van der Waals surface area contributed by atoms with E-state index in [4.69, 9.17) is 0 Å². The predicted molar refractivity (Wildman–Crippen MR) is 66.3 cm³/mol. The zero-order valence-corrected chi connectivity index (χ0v) is 11.3. The first-order valence-electron chi connectivity index (χ1n) is 5.85. The highest BCUT2D eigenvalue weighted by Crippen LogP contribution is 2.06. The number of nitrogens with one attached hydrogen (secondary N) is 2. The number of hydrogen-bond donors (Lipinski definition) is 3. The van der Waals surface area contributed by atoms with E-state index in [1.54, 1.807) is 13.8 Å². The second kappa shape index (κ2) is 5.64. The Morgan fingerprint density at radius 2 is 1.81 bits per heavy atom. The van der Waals surface area contributed by atoms with E-state index in [0.717, 1.165) is 0 Å². The summed E-state index contributed by atoms with van der Waals surface area (Å²) >= 11 is 0. The van der Waals surface area contributed by atoms with Gasteiger partial charge in [0.1, 0.15) is 0 Å². The SMILES string of the molecule is CCC(C)(O)CNC(C)C(=O)NC(C)(C)C. The summed E-state index contributed by atoms with van der Waals surface area (Å²) in [7, 11) is 0. The van der Waals surface area contributed by atoms with Gasteiger partial charge >= 0.3 is 0 Å². The van der Waals surface area contributed by atoms with E-state index in [9.17, 15) is 9.90 Å². The minimum Gasteiger partial charge on any atom is -0.389 e. The summed E-state index contributed by atoms with van der Waals surface area (Å²) in [5, 5.41) is 15.7. The molecule has 0 heterocycles. The number of carbonyl (C=O) groups excluding carboxylic acids is 1. The van der Waals surface area contributed by atoms with Gasteiger partial charge in [0.05, 0.1) is 11.6 Å². The van der Waals surface area contributed by atoms with Crippen molar-refractivity contribution in [3.8, 4) is 0 Å². The first-order chi connectivity index (χ1) is 7.07. The second-order valence-electron chi connectivity index (χ2n) is 5.69. The lowest BCUT2D eigenvalue weighted by molar-refractivity contribution is -0.124. The van der Waals surface area contributed by atoms with Crippen LogP contribution in [0.1, 0.15) is 48.0 Å². The Balaban J connectivity index is 4.08. The summed E-state index contributed by atoms with van der Waals surface area (Å²) in [6.07, 6.45) is 0.660. The van der Waals surface area contributed by atoms with E-state index in [1.807, 2.05) is 27.7 Å². The van der Waals surface area contributed by atoms with Gasteiger partial charge in [0.2, 0.25) is 5.91 Å². The Kier molecular flexibility index (Phi) is 5.42. The molecule has 16 heavy (non-hydrogen) atoms. The molecule has 0 rings (SSSR count). The molecule has 2 atom stereocenters. The molecule has 0 saturated carbocycles. The van der Waals surface area contributed by atoms with Gasteiger partial charge in [-0.2, -0.15) is 0 Å². The highest BCUT2D eigenvalue weighted by molar-refractivity contribution is 5.81. The highest BCUT2D eigenvalue weighted by Gasteiger charge is 2.22. The average Bonchev–Trinajstić information content (AvgIpc) is 2.11. The van der Waals surface area contributed by atoms with Crippen molar-refractivity contribution < 1.29 is 9.90 Å². The molecule has 0 aromatic rings. The average molecular weight is 230 g/mol. The third kappa shape index (κ3) is 6.80. The van der Waals surface area contributed by atoms with Crippen molar-refractivity contribution >= 4 is 5.91 Å². The molecule has 4 nitrogen and oxygen atoms in total. The van der Waals surface area contributed by atoms with Crippen molar-refractivity contribution in [2.45, 2.75) is 65.1 Å². The zero-order chi connectivity index (χ0) is 13.0. The topological polar surface area (TPSA) is 61.4 Å². The minimum absolute atomic E-state index is 0.0422. The molecule has 0 fully saturated rings. The van der Waals surface area contributed by atoms with Gasteiger partial charge in [-0.15, -0.1) is 0 Å². The Labute approximate surface area is 98.8 Å². The van der Waals surface area contributed by atoms with E-state index < -0.39 is 5.60 Å². The zero-order valence-electron chi connectivity index (χ0n) is 11.3. The van der Waals surface area contributed by atoms with Crippen molar-refractivity contribution in [1.82, 2.24) is 10.6 Å². The van der Waals surface area contributed by atoms with Gasteiger partial charge in [-0.25, -0.2) is 0 Å². The van der Waals surface area contributed by atoms with Crippen LogP contribution >= 0.6 is 0 Å². The fourth-order valence-electron chi connectivity index (χ4n) is 1.07. The lowest BCUT2D eigenvalue weighted by Gasteiger charge is -2.27. The molecule has 4 heteroatoms. The maximum atomic E-state index is 11.7. The Bertz CT molecular complexity index is 232. The van der Waals surface area contributed by atoms with E-state index in [1.165, 1.54) is 0 Å². The van der Waals surface area contributed by atoms with Crippen LogP contribution in [-0.2, 0) is 4.79 Å². The molecule has 3 N–H and O–H groups in total. The maximum absolute atomic E-state index is 11.7. The summed E-state index contributed by atoms with van der Waals surface area (Å²) in [6.45, 7) is 11.7. The molecular weight excluding hydrogens is 204 g/mol. The van der Waals surface area contributed by atoms with Gasteiger partial charge in [-0.3, -0.25) is 4.79 Å². The van der Waals surface area contributed by atoms with Gasteiger partial charge in [0, 0.05) is 12.1 Å². The number of carbonyl (C=O) groups is 1. The third-order valence-corrected chi connectivity index (χ3v) is 2.44. The smallest absolute Gasteiger partial charge is 0.237 e. The lowest BCUT2D eigenvalue weighted by Crippen LogP contribution is -2.52. The van der Waals surface area contributed by atoms with Crippen molar-refractivity contribution in [1.29, 1.82) is 0 Å². The van der Waals surface area contributed by atoms with Crippen molar-refractivity contribution in [3.63, 3.8) is 0 Å². The Hall–Kier alpha value is -0.610. The fraction of sp³-hybridized carbons (Fsp3) is 0.917. The standard InChI is InChI=1S/C12H26N2O2/c1-7-12(6,16)8-13-9(2)10(15)14-11(3,4)5/h9,13,16H,7-8H2,1-6H3,(H,14,15). The molecule has 0 aliphatic heterocycles. The molecule has 1 amide bonds. The van der Waals surface area contributed by atoms with Crippen LogP contribution in [0.25, 0.3) is 0 Å². The fourth-order valence-corrected chi connectivity index (χ4v) is 1.07. The largest absolute Gasteiger partial charge is 0.389 e. The molecule has 0 bridgehead atoms. The predicted octanol–water partition coefficient (Wildman–Crippen LogP) is 1.04. The molecule has 0 saturated heterocycles. The third-order valence-electron chi connectivity index (χ3n) is 2.44. The van der Waals surface area contributed by atoms with Crippen molar-refractivity contribution in [3.05, 3.63) is 0 Å². The summed E-state index contributed by atoms with van der Waals surface area (Å²) in [6, 6.07) is -0.294. The minimum atomic E-state index is -0.754. The van der Waals surface area contributed by atoms with Gasteiger partial charge in [-0.1, -0.05) is 6.92 Å². The van der Waals surface area contributed by atoms with Crippen LogP contribution in [-0.4, -0.2) is 34.7 Å². The Morgan fingerprint density at radius 3 is 2.19 bits per heavy atom. The first kappa shape index (κ1) is 15.4. The van der Waals surface area contributed by atoms with Gasteiger partial charge < -0.3 is 15.7 Å². The summed E-state index contributed by atoms with van der Waals surface area (Å²) in [5.74, 6) is -0.0422. The quantitative estimate of drug-likeness (QED) is 0.661. The second-order valence-corrected chi connectivity index (χ2v) is 5.69. The molecule has 0 radical (unpaired) electrons. The maximum Gasteiger partial charge on any atom is 0.237 e. The monoisotopic (exact) mass is 230 g/mol. The number of rotatable bonds is 5. The van der Waals surface area contributed by atoms with Crippen molar-refractivity contribution in [2.24, 2.45) is 0 Å². The van der Waals surface area contributed by atoms with Crippen LogP contribution in [0.2, 0.25) is 0 Å². The van der Waals surface area contributed by atoms with Crippen LogP contribution in [0, 0.1) is 0 Å². The van der Waals surface area contributed by atoms with Crippen LogP contribution in [0.5, 0.6) is 0 Å². The Morgan fingerprint density at radius 1 is 1.31 bits per heavy atom. The molecular formula is C12H26N2O2.